The first-order valence-corrected chi connectivity index (χ1v) is 11.4. The molecule has 5 nitrogen and oxygen atoms in total. The van der Waals surface area contributed by atoms with E-state index in [1.807, 2.05) is 0 Å². The van der Waals surface area contributed by atoms with E-state index in [1.54, 1.807) is 0 Å². The number of pyridine rings is 1. The average Bonchev–Trinajstić information content (AvgIpc) is 2.78. The summed E-state index contributed by atoms with van der Waals surface area (Å²) in [7, 11) is 0. The van der Waals surface area contributed by atoms with Gasteiger partial charge < -0.3 is 10.0 Å². The SMILES string of the molecule is O=C(O)C[C@@H](c1ccc(F)c(F)c1)N1CC(CCCCc2ccc3c(n2)CCCC3)C1=O.S. The van der Waals surface area contributed by atoms with E-state index in [0.717, 1.165) is 56.4 Å². The van der Waals surface area contributed by atoms with Gasteiger partial charge in [-0.15, -0.1) is 0 Å². The van der Waals surface area contributed by atoms with Gasteiger partial charge in [0, 0.05) is 17.9 Å². The lowest BCUT2D eigenvalue weighted by atomic mass is 9.88. The van der Waals surface area contributed by atoms with Crippen molar-refractivity contribution in [2.45, 2.75) is 63.8 Å². The van der Waals surface area contributed by atoms with Crippen molar-refractivity contribution < 1.29 is 23.5 Å². The topological polar surface area (TPSA) is 70.5 Å². The molecule has 1 aromatic heterocycles. The number of hydrogen-bond donors (Lipinski definition) is 1. The Bertz CT molecular complexity index is 1020. The molecule has 0 spiro atoms. The number of likely N-dealkylation sites (tertiary alicyclic amines) is 1. The molecule has 8 heteroatoms. The number of rotatable bonds is 9. The van der Waals surface area contributed by atoms with Crippen LogP contribution in [0.25, 0.3) is 0 Å². The van der Waals surface area contributed by atoms with Gasteiger partial charge in [0.15, 0.2) is 11.6 Å². The van der Waals surface area contributed by atoms with Gasteiger partial charge in [0.25, 0.3) is 0 Å². The van der Waals surface area contributed by atoms with Gasteiger partial charge in [0.2, 0.25) is 5.91 Å². The van der Waals surface area contributed by atoms with Gasteiger partial charge >= 0.3 is 5.97 Å². The largest absolute Gasteiger partial charge is 0.481 e. The Kier molecular flexibility index (Phi) is 8.46. The van der Waals surface area contributed by atoms with Crippen LogP contribution in [-0.2, 0) is 28.9 Å². The summed E-state index contributed by atoms with van der Waals surface area (Å²) in [6.45, 7) is 0.437. The maximum atomic E-state index is 13.6. The number of fused-ring (bicyclic) bond motifs is 1. The van der Waals surface area contributed by atoms with Crippen molar-refractivity contribution in [3.63, 3.8) is 0 Å². The highest BCUT2D eigenvalue weighted by Gasteiger charge is 2.41. The molecule has 1 aliphatic carbocycles. The third-order valence-electron chi connectivity index (χ3n) is 6.59. The molecular formula is C25H30F2N2O3S. The van der Waals surface area contributed by atoms with Gasteiger partial charge in [-0.3, -0.25) is 14.6 Å². The first kappa shape index (κ1) is 25.1. The summed E-state index contributed by atoms with van der Waals surface area (Å²) in [5.74, 6) is -3.39. The zero-order valence-corrected chi connectivity index (χ0v) is 19.5. The second-order valence-electron chi connectivity index (χ2n) is 8.84. The number of amides is 1. The standard InChI is InChI=1S/C25H28F2N2O3.H2S/c26-20-12-10-17(13-21(20)27)23(14-24(30)31)29-15-18(25(29)32)6-1-3-7-19-11-9-16-5-2-4-8-22(16)28-19;/h9-13,18,23H,1-8,14-15H2,(H,30,31);1H2/t18?,23-;/m0./s1. The number of aliphatic carboxylic acids is 1. The van der Waals surface area contributed by atoms with E-state index in [0.29, 0.717) is 12.1 Å². The highest BCUT2D eigenvalue weighted by Crippen LogP contribution is 2.35. The highest BCUT2D eigenvalue weighted by molar-refractivity contribution is 7.59. The summed E-state index contributed by atoms with van der Waals surface area (Å²) in [6.07, 6.45) is 7.73. The molecular weight excluding hydrogens is 446 g/mol. The molecule has 178 valence electrons. The highest BCUT2D eigenvalue weighted by atomic mass is 32.1. The maximum Gasteiger partial charge on any atom is 0.305 e. The Morgan fingerprint density at radius 2 is 1.91 bits per heavy atom. The van der Waals surface area contributed by atoms with E-state index in [4.69, 9.17) is 4.98 Å². The van der Waals surface area contributed by atoms with Gasteiger partial charge in [-0.25, -0.2) is 8.78 Å². The van der Waals surface area contributed by atoms with Crippen molar-refractivity contribution in [2.75, 3.05) is 6.54 Å². The number of unbranched alkanes of at least 4 members (excludes halogenated alkanes) is 1. The molecule has 2 aromatic rings. The summed E-state index contributed by atoms with van der Waals surface area (Å²) in [6, 6.07) is 6.82. The normalized spacial score (nSPS) is 18.2. The Labute approximate surface area is 199 Å². The van der Waals surface area contributed by atoms with E-state index < -0.39 is 23.6 Å². The number of aryl methyl sites for hydroxylation is 3. The van der Waals surface area contributed by atoms with Crippen LogP contribution < -0.4 is 0 Å². The minimum absolute atomic E-state index is 0. The predicted octanol–water partition coefficient (Wildman–Crippen LogP) is 4.74. The van der Waals surface area contributed by atoms with Gasteiger partial charge in [-0.2, -0.15) is 13.5 Å². The second kappa shape index (κ2) is 11.1. The third-order valence-corrected chi connectivity index (χ3v) is 6.59. The Morgan fingerprint density at radius 3 is 2.64 bits per heavy atom. The fourth-order valence-corrected chi connectivity index (χ4v) is 4.78. The molecule has 1 N–H and O–H groups in total. The van der Waals surface area contributed by atoms with E-state index in [-0.39, 0.29) is 31.7 Å². The number of β-lactam (4-membered cyclic amide) rings is 1. The number of aromatic nitrogens is 1. The van der Waals surface area contributed by atoms with Crippen LogP contribution >= 0.6 is 13.5 Å². The van der Waals surface area contributed by atoms with Crippen LogP contribution in [0.3, 0.4) is 0 Å². The summed E-state index contributed by atoms with van der Waals surface area (Å²) in [5.41, 5.74) is 4.01. The number of carboxylic acids is 1. The summed E-state index contributed by atoms with van der Waals surface area (Å²) in [4.78, 5) is 30.2. The summed E-state index contributed by atoms with van der Waals surface area (Å²) >= 11 is 0. The van der Waals surface area contributed by atoms with Crippen molar-refractivity contribution >= 4 is 25.4 Å². The predicted molar refractivity (Wildman–Crippen MR) is 125 cm³/mol. The molecule has 1 amide bonds. The van der Waals surface area contributed by atoms with Crippen molar-refractivity contribution in [1.29, 1.82) is 0 Å². The fraction of sp³-hybridized carbons (Fsp3) is 0.480. The van der Waals surface area contributed by atoms with E-state index in [9.17, 15) is 23.5 Å². The number of hydrogen-bond acceptors (Lipinski definition) is 3. The van der Waals surface area contributed by atoms with Crippen molar-refractivity contribution in [3.8, 4) is 0 Å². The molecule has 1 saturated heterocycles. The number of carbonyl (C=O) groups is 2. The number of benzene rings is 1. The first-order valence-electron chi connectivity index (χ1n) is 11.4. The van der Waals surface area contributed by atoms with E-state index in [1.165, 1.54) is 35.1 Å². The fourth-order valence-electron chi connectivity index (χ4n) is 4.78. The lowest BCUT2D eigenvalue weighted by Gasteiger charge is -2.43. The minimum Gasteiger partial charge on any atom is -0.481 e. The van der Waals surface area contributed by atoms with Crippen molar-refractivity contribution in [1.82, 2.24) is 9.88 Å². The smallest absolute Gasteiger partial charge is 0.305 e. The van der Waals surface area contributed by atoms with Crippen LogP contribution in [0.4, 0.5) is 8.78 Å². The monoisotopic (exact) mass is 476 g/mol. The second-order valence-corrected chi connectivity index (χ2v) is 8.84. The summed E-state index contributed by atoms with van der Waals surface area (Å²) in [5, 5.41) is 9.23. The van der Waals surface area contributed by atoms with Crippen LogP contribution in [-0.4, -0.2) is 33.4 Å². The molecule has 0 bridgehead atoms. The number of halogens is 2. The zero-order chi connectivity index (χ0) is 22.7. The molecule has 33 heavy (non-hydrogen) atoms. The lowest BCUT2D eigenvalue weighted by Crippen LogP contribution is -2.54. The summed E-state index contributed by atoms with van der Waals surface area (Å²) < 4.78 is 26.9. The van der Waals surface area contributed by atoms with Gasteiger partial charge in [0.05, 0.1) is 18.4 Å². The Balaban J connectivity index is 0.00000306. The Morgan fingerprint density at radius 1 is 1.12 bits per heavy atom. The quantitative estimate of drug-likeness (QED) is 0.419. The van der Waals surface area contributed by atoms with E-state index in [2.05, 4.69) is 12.1 Å². The van der Waals surface area contributed by atoms with Crippen LogP contribution in [0.1, 0.15) is 67.1 Å². The number of carbonyl (C=O) groups excluding carboxylic acids is 1. The molecule has 1 aromatic carbocycles. The molecule has 2 aliphatic rings. The van der Waals surface area contributed by atoms with Gasteiger partial charge in [-0.05, 0) is 74.3 Å². The van der Waals surface area contributed by atoms with Crippen molar-refractivity contribution in [3.05, 3.63) is 64.5 Å². The molecule has 0 saturated carbocycles. The number of carboxylic acid groups (broad SMARTS) is 1. The van der Waals surface area contributed by atoms with Crippen LogP contribution in [0.2, 0.25) is 0 Å². The zero-order valence-electron chi connectivity index (χ0n) is 18.5. The molecule has 4 rings (SSSR count). The third kappa shape index (κ3) is 5.91. The average molecular weight is 477 g/mol. The Hall–Kier alpha value is -2.48. The van der Waals surface area contributed by atoms with Crippen LogP contribution in [0.15, 0.2) is 30.3 Å². The molecule has 0 radical (unpaired) electrons. The van der Waals surface area contributed by atoms with Gasteiger partial charge in [0.1, 0.15) is 0 Å². The lowest BCUT2D eigenvalue weighted by molar-refractivity contribution is -0.154. The van der Waals surface area contributed by atoms with Crippen LogP contribution in [0.5, 0.6) is 0 Å². The molecule has 2 heterocycles. The number of nitrogens with zero attached hydrogens (tertiary/aromatic N) is 2. The maximum absolute atomic E-state index is 13.6. The molecule has 1 unspecified atom stereocenters. The first-order chi connectivity index (χ1) is 15.4. The van der Waals surface area contributed by atoms with Crippen LogP contribution in [0, 0.1) is 17.6 Å². The van der Waals surface area contributed by atoms with Gasteiger partial charge in [-0.1, -0.05) is 18.6 Å². The molecule has 2 atom stereocenters. The molecule has 1 fully saturated rings. The van der Waals surface area contributed by atoms with E-state index >= 15 is 0 Å². The van der Waals surface area contributed by atoms with Crippen molar-refractivity contribution in [2.24, 2.45) is 5.92 Å². The molecule has 1 aliphatic heterocycles. The minimum atomic E-state index is -1.09.